The number of benzene rings is 2. The maximum absolute atomic E-state index is 7.00. The zero-order valence-electron chi connectivity index (χ0n) is 14.1. The van der Waals surface area contributed by atoms with Crippen molar-refractivity contribution in [3.63, 3.8) is 0 Å². The van der Waals surface area contributed by atoms with Crippen LogP contribution in [0.3, 0.4) is 0 Å². The molecule has 0 unspecified atom stereocenters. The Bertz CT molecular complexity index is 888. The van der Waals surface area contributed by atoms with Crippen molar-refractivity contribution in [1.29, 1.82) is 0 Å². The number of imidazole rings is 1. The van der Waals surface area contributed by atoms with Gasteiger partial charge in [-0.15, -0.1) is 0 Å². The largest absolute Gasteiger partial charge is 0.400 e. The van der Waals surface area contributed by atoms with Crippen LogP contribution in [0.2, 0.25) is 0 Å². The van der Waals surface area contributed by atoms with Gasteiger partial charge in [0.25, 0.3) is 0 Å². The minimum Gasteiger partial charge on any atom is -0.400 e. The standard InChI is InChI=1S/C16H12N4.C2H6.CH4O/c1-2-6-12(7-3-1)18-15-16-17-10-11-20(16)14-9-5-4-8-13(14)19-15;2*1-2/h1-11H,(H,18,19);1-2H3;2H,1H3. The third kappa shape index (κ3) is 3.52. The van der Waals surface area contributed by atoms with Gasteiger partial charge in [0, 0.05) is 25.2 Å². The van der Waals surface area contributed by atoms with Crippen molar-refractivity contribution in [3.8, 4) is 0 Å². The smallest absolute Gasteiger partial charge is 0.180 e. The van der Waals surface area contributed by atoms with E-state index in [1.54, 1.807) is 6.20 Å². The zero-order valence-corrected chi connectivity index (χ0v) is 14.1. The molecule has 2 aromatic heterocycles. The van der Waals surface area contributed by atoms with E-state index in [-0.39, 0.29) is 0 Å². The lowest BCUT2D eigenvalue weighted by Gasteiger charge is -2.09. The highest BCUT2D eigenvalue weighted by molar-refractivity contribution is 5.84. The number of rotatable bonds is 2. The second-order valence-electron chi connectivity index (χ2n) is 4.56. The van der Waals surface area contributed by atoms with Gasteiger partial charge in [0.05, 0.1) is 11.0 Å². The molecule has 4 rings (SSSR count). The summed E-state index contributed by atoms with van der Waals surface area (Å²) in [6.45, 7) is 4.00. The highest BCUT2D eigenvalue weighted by atomic mass is 16.2. The van der Waals surface area contributed by atoms with Crippen molar-refractivity contribution >= 4 is 28.2 Å². The van der Waals surface area contributed by atoms with E-state index < -0.39 is 0 Å². The maximum Gasteiger partial charge on any atom is 0.180 e. The molecule has 0 amide bonds. The van der Waals surface area contributed by atoms with E-state index in [9.17, 15) is 0 Å². The first-order valence-electron chi connectivity index (χ1n) is 7.90. The van der Waals surface area contributed by atoms with Crippen molar-refractivity contribution in [3.05, 3.63) is 67.0 Å². The van der Waals surface area contributed by atoms with Gasteiger partial charge in [0.2, 0.25) is 0 Å². The normalized spacial score (nSPS) is 9.67. The summed E-state index contributed by atoms with van der Waals surface area (Å²) in [5.74, 6) is 0.764. The highest BCUT2D eigenvalue weighted by Crippen LogP contribution is 2.23. The Balaban J connectivity index is 0.000000487. The molecule has 2 N–H and O–H groups in total. The molecular formula is C19H22N4O. The lowest BCUT2D eigenvalue weighted by atomic mass is 10.3. The SMILES string of the molecule is CC.CO.c1ccc(Nc2nc3ccccc3n3ccnc23)cc1. The Morgan fingerprint density at radius 1 is 0.917 bits per heavy atom. The minimum atomic E-state index is 0.764. The number of aliphatic hydroxyl groups is 1. The summed E-state index contributed by atoms with van der Waals surface area (Å²) in [6, 6.07) is 18.0. The van der Waals surface area contributed by atoms with Crippen molar-refractivity contribution in [1.82, 2.24) is 14.4 Å². The van der Waals surface area contributed by atoms with Crippen LogP contribution in [0, 0.1) is 0 Å². The van der Waals surface area contributed by atoms with Gasteiger partial charge < -0.3 is 10.4 Å². The number of nitrogens with zero attached hydrogens (tertiary/aromatic N) is 3. The molecule has 2 heterocycles. The van der Waals surface area contributed by atoms with Crippen LogP contribution in [0.1, 0.15) is 13.8 Å². The van der Waals surface area contributed by atoms with Gasteiger partial charge >= 0.3 is 0 Å². The van der Waals surface area contributed by atoms with Crippen LogP contribution in [-0.4, -0.2) is 26.6 Å². The summed E-state index contributed by atoms with van der Waals surface area (Å²) < 4.78 is 2.05. The van der Waals surface area contributed by atoms with Crippen LogP contribution in [0.15, 0.2) is 67.0 Å². The van der Waals surface area contributed by atoms with E-state index in [1.165, 1.54) is 0 Å². The van der Waals surface area contributed by atoms with Gasteiger partial charge in [0.15, 0.2) is 11.5 Å². The molecule has 0 aliphatic rings. The fraction of sp³-hybridized carbons (Fsp3) is 0.158. The van der Waals surface area contributed by atoms with Gasteiger partial charge in [-0.05, 0) is 24.3 Å². The molecule has 0 atom stereocenters. The number of fused-ring (bicyclic) bond motifs is 3. The van der Waals surface area contributed by atoms with Gasteiger partial charge in [-0.25, -0.2) is 9.97 Å². The van der Waals surface area contributed by atoms with Crippen molar-refractivity contribution in [2.75, 3.05) is 12.4 Å². The molecule has 2 aromatic carbocycles. The summed E-state index contributed by atoms with van der Waals surface area (Å²) in [7, 11) is 1.00. The third-order valence-electron chi connectivity index (χ3n) is 3.26. The fourth-order valence-electron chi connectivity index (χ4n) is 2.35. The molecule has 0 aliphatic heterocycles. The first-order valence-corrected chi connectivity index (χ1v) is 7.90. The van der Waals surface area contributed by atoms with Crippen molar-refractivity contribution in [2.24, 2.45) is 0 Å². The topological polar surface area (TPSA) is 62.5 Å². The Kier molecular flexibility index (Phi) is 6.28. The van der Waals surface area contributed by atoms with Gasteiger partial charge in [-0.3, -0.25) is 4.40 Å². The molecule has 0 saturated carbocycles. The van der Waals surface area contributed by atoms with Gasteiger partial charge in [0.1, 0.15) is 0 Å². The van der Waals surface area contributed by atoms with E-state index >= 15 is 0 Å². The molecule has 24 heavy (non-hydrogen) atoms. The van der Waals surface area contributed by atoms with Crippen LogP contribution in [0.4, 0.5) is 11.5 Å². The lowest BCUT2D eigenvalue weighted by Crippen LogP contribution is -1.99. The first-order chi connectivity index (χ1) is 11.9. The molecule has 0 bridgehead atoms. The number of aliphatic hydroxyl groups excluding tert-OH is 1. The molecule has 0 fully saturated rings. The Labute approximate surface area is 141 Å². The molecule has 5 heteroatoms. The van der Waals surface area contributed by atoms with E-state index in [0.29, 0.717) is 0 Å². The number of aromatic nitrogens is 3. The molecule has 0 spiro atoms. The van der Waals surface area contributed by atoms with E-state index in [4.69, 9.17) is 5.11 Å². The van der Waals surface area contributed by atoms with E-state index in [2.05, 4.69) is 15.3 Å². The van der Waals surface area contributed by atoms with E-state index in [0.717, 1.165) is 35.3 Å². The molecule has 5 nitrogen and oxygen atoms in total. The Morgan fingerprint density at radius 3 is 2.33 bits per heavy atom. The van der Waals surface area contributed by atoms with Crippen LogP contribution in [-0.2, 0) is 0 Å². The number of hydrogen-bond acceptors (Lipinski definition) is 4. The minimum absolute atomic E-state index is 0.764. The number of anilines is 2. The Hall–Kier alpha value is -2.92. The van der Waals surface area contributed by atoms with Crippen LogP contribution < -0.4 is 5.32 Å². The van der Waals surface area contributed by atoms with Gasteiger partial charge in [-0.1, -0.05) is 44.2 Å². The third-order valence-corrected chi connectivity index (χ3v) is 3.26. The summed E-state index contributed by atoms with van der Waals surface area (Å²) in [4.78, 5) is 9.08. The zero-order chi connectivity index (χ0) is 17.4. The quantitative estimate of drug-likeness (QED) is 0.579. The Morgan fingerprint density at radius 2 is 1.58 bits per heavy atom. The van der Waals surface area contributed by atoms with Crippen molar-refractivity contribution < 1.29 is 5.11 Å². The average molecular weight is 322 g/mol. The molecule has 0 radical (unpaired) electrons. The number of para-hydroxylation sites is 3. The predicted molar refractivity (Wildman–Crippen MR) is 99.7 cm³/mol. The van der Waals surface area contributed by atoms with Crippen LogP contribution >= 0.6 is 0 Å². The second kappa shape index (κ2) is 8.64. The van der Waals surface area contributed by atoms with E-state index in [1.807, 2.05) is 79.0 Å². The van der Waals surface area contributed by atoms with Crippen LogP contribution in [0.5, 0.6) is 0 Å². The summed E-state index contributed by atoms with van der Waals surface area (Å²) in [6.07, 6.45) is 3.75. The first kappa shape index (κ1) is 17.4. The fourth-order valence-corrected chi connectivity index (χ4v) is 2.35. The number of hydrogen-bond donors (Lipinski definition) is 2. The van der Waals surface area contributed by atoms with Crippen molar-refractivity contribution in [2.45, 2.75) is 13.8 Å². The molecule has 4 aromatic rings. The molecule has 0 aliphatic carbocycles. The molecule has 0 saturated heterocycles. The summed E-state index contributed by atoms with van der Waals surface area (Å²) in [5, 5.41) is 10.3. The van der Waals surface area contributed by atoms with Gasteiger partial charge in [-0.2, -0.15) is 0 Å². The van der Waals surface area contributed by atoms with Crippen LogP contribution in [0.25, 0.3) is 16.7 Å². The monoisotopic (exact) mass is 322 g/mol. The highest BCUT2D eigenvalue weighted by Gasteiger charge is 2.08. The second-order valence-corrected chi connectivity index (χ2v) is 4.56. The average Bonchev–Trinajstić information content (AvgIpc) is 3.17. The number of nitrogens with one attached hydrogen (secondary N) is 1. The lowest BCUT2D eigenvalue weighted by molar-refractivity contribution is 0.399. The summed E-state index contributed by atoms with van der Waals surface area (Å²) in [5.41, 5.74) is 3.82. The maximum atomic E-state index is 7.00. The molecular weight excluding hydrogens is 300 g/mol. The molecule has 124 valence electrons. The summed E-state index contributed by atoms with van der Waals surface area (Å²) >= 11 is 0. The predicted octanol–water partition coefficient (Wildman–Crippen LogP) is 4.26.